The van der Waals surface area contributed by atoms with Crippen molar-refractivity contribution in [3.63, 3.8) is 0 Å². The van der Waals surface area contributed by atoms with Crippen molar-refractivity contribution >= 4 is 22.5 Å². The van der Waals surface area contributed by atoms with Crippen LogP contribution in [0.25, 0.3) is 10.9 Å². The van der Waals surface area contributed by atoms with Crippen molar-refractivity contribution in [2.24, 2.45) is 0 Å². The molecule has 0 radical (unpaired) electrons. The summed E-state index contributed by atoms with van der Waals surface area (Å²) in [4.78, 5) is 3.73. The van der Waals surface area contributed by atoms with Gasteiger partial charge in [0.2, 0.25) is 0 Å². The average Bonchev–Trinajstić information content (AvgIpc) is 2.25. The topological polar surface area (TPSA) is 12.9 Å². The van der Waals surface area contributed by atoms with Crippen molar-refractivity contribution in [2.45, 2.75) is 13.3 Å². The Morgan fingerprint density at radius 1 is 1.19 bits per heavy atom. The minimum absolute atomic E-state index is 0.111. The van der Waals surface area contributed by atoms with Crippen LogP contribution in [0.1, 0.15) is 12.5 Å². The monoisotopic (exact) mass is 245 g/mol. The minimum atomic E-state index is -1.23. The van der Waals surface area contributed by atoms with E-state index in [2.05, 4.69) is 4.98 Å². The van der Waals surface area contributed by atoms with E-state index >= 15 is 0 Å². The van der Waals surface area contributed by atoms with Crippen LogP contribution in [0.5, 0.6) is 0 Å². The van der Waals surface area contributed by atoms with Crippen molar-refractivity contribution in [3.8, 4) is 0 Å². The Kier molecular flexibility index (Phi) is 2.76. The first-order chi connectivity index (χ1) is 7.54. The van der Waals surface area contributed by atoms with E-state index in [9.17, 15) is 13.2 Å². The SMILES string of the molecule is CCc1cc2c(F)c(F)cc(F)c2nc1Cl. The van der Waals surface area contributed by atoms with Gasteiger partial charge < -0.3 is 0 Å². The van der Waals surface area contributed by atoms with Gasteiger partial charge in [-0.2, -0.15) is 0 Å². The van der Waals surface area contributed by atoms with Gasteiger partial charge in [-0.25, -0.2) is 18.2 Å². The summed E-state index contributed by atoms with van der Waals surface area (Å²) in [6, 6.07) is 1.79. The van der Waals surface area contributed by atoms with E-state index in [1.54, 1.807) is 6.92 Å². The molecule has 2 rings (SSSR count). The fourth-order valence-electron chi connectivity index (χ4n) is 1.50. The van der Waals surface area contributed by atoms with Crippen LogP contribution < -0.4 is 0 Å². The predicted molar refractivity (Wildman–Crippen MR) is 56.0 cm³/mol. The second kappa shape index (κ2) is 3.94. The van der Waals surface area contributed by atoms with Gasteiger partial charge in [0.15, 0.2) is 17.5 Å². The molecule has 0 N–H and O–H groups in total. The molecule has 0 aliphatic rings. The molecule has 0 saturated carbocycles. The first kappa shape index (κ1) is 11.2. The van der Waals surface area contributed by atoms with E-state index in [0.717, 1.165) is 0 Å². The Hall–Kier alpha value is -1.29. The van der Waals surface area contributed by atoms with Crippen molar-refractivity contribution in [1.82, 2.24) is 4.98 Å². The lowest BCUT2D eigenvalue weighted by atomic mass is 10.1. The Bertz CT molecular complexity index is 569. The van der Waals surface area contributed by atoms with Crippen LogP contribution >= 0.6 is 11.6 Å². The van der Waals surface area contributed by atoms with Crippen molar-refractivity contribution in [2.75, 3.05) is 0 Å². The molecule has 1 aromatic carbocycles. The van der Waals surface area contributed by atoms with Crippen molar-refractivity contribution in [1.29, 1.82) is 0 Å². The summed E-state index contributed by atoms with van der Waals surface area (Å²) in [5.41, 5.74) is 0.305. The lowest BCUT2D eigenvalue weighted by Crippen LogP contribution is -1.96. The predicted octanol–water partition coefficient (Wildman–Crippen LogP) is 3.87. The standard InChI is InChI=1S/C11H7ClF3N/c1-2-5-3-6-9(15)7(13)4-8(14)10(6)16-11(5)12/h3-4H,2H2,1H3. The summed E-state index contributed by atoms with van der Waals surface area (Å²) in [5.74, 6) is -3.25. The van der Waals surface area contributed by atoms with E-state index in [4.69, 9.17) is 11.6 Å². The minimum Gasteiger partial charge on any atom is -0.233 e. The van der Waals surface area contributed by atoms with Gasteiger partial charge in [-0.1, -0.05) is 18.5 Å². The molecular formula is C11H7ClF3N. The van der Waals surface area contributed by atoms with Gasteiger partial charge in [-0.3, -0.25) is 0 Å². The highest BCUT2D eigenvalue weighted by Crippen LogP contribution is 2.26. The second-order valence-electron chi connectivity index (χ2n) is 3.34. The third-order valence-electron chi connectivity index (χ3n) is 2.36. The van der Waals surface area contributed by atoms with Gasteiger partial charge in [0.25, 0.3) is 0 Å². The van der Waals surface area contributed by atoms with Gasteiger partial charge in [0, 0.05) is 11.5 Å². The lowest BCUT2D eigenvalue weighted by molar-refractivity contribution is 0.505. The summed E-state index contributed by atoms with van der Waals surface area (Å²) >= 11 is 5.77. The molecule has 1 heterocycles. The van der Waals surface area contributed by atoms with Crippen LogP contribution in [-0.2, 0) is 6.42 Å². The number of halogens is 4. The zero-order chi connectivity index (χ0) is 11.9. The number of nitrogens with zero attached hydrogens (tertiary/aromatic N) is 1. The van der Waals surface area contributed by atoms with Crippen LogP contribution in [0, 0.1) is 17.5 Å². The third kappa shape index (κ3) is 1.63. The molecule has 1 nitrogen and oxygen atoms in total. The molecule has 0 bridgehead atoms. The van der Waals surface area contributed by atoms with Crippen LogP contribution in [-0.4, -0.2) is 4.98 Å². The van der Waals surface area contributed by atoms with Gasteiger partial charge in [0.05, 0.1) is 0 Å². The Labute approximate surface area is 94.9 Å². The lowest BCUT2D eigenvalue weighted by Gasteiger charge is -2.06. The quantitative estimate of drug-likeness (QED) is 0.549. The zero-order valence-corrected chi connectivity index (χ0v) is 9.08. The van der Waals surface area contributed by atoms with Crippen LogP contribution in [0.3, 0.4) is 0 Å². The average molecular weight is 246 g/mol. The molecule has 0 saturated heterocycles. The largest absolute Gasteiger partial charge is 0.233 e. The van der Waals surface area contributed by atoms with Gasteiger partial charge in [0.1, 0.15) is 10.7 Å². The summed E-state index contributed by atoms with van der Waals surface area (Å²) in [6.07, 6.45) is 0.513. The maximum atomic E-state index is 13.4. The number of aromatic nitrogens is 1. The summed E-state index contributed by atoms with van der Waals surface area (Å²) in [6.45, 7) is 1.79. The molecule has 0 fully saturated rings. The number of aryl methyl sites for hydroxylation is 1. The number of rotatable bonds is 1. The Morgan fingerprint density at radius 2 is 1.88 bits per heavy atom. The first-order valence-corrected chi connectivity index (χ1v) is 5.05. The molecule has 16 heavy (non-hydrogen) atoms. The van der Waals surface area contributed by atoms with Crippen LogP contribution in [0.2, 0.25) is 5.15 Å². The summed E-state index contributed by atoms with van der Waals surface area (Å²) < 4.78 is 39.7. The maximum Gasteiger partial charge on any atom is 0.168 e. The van der Waals surface area contributed by atoms with Crippen LogP contribution in [0.15, 0.2) is 12.1 Å². The molecule has 0 unspecified atom stereocenters. The molecule has 2 aromatic rings. The van der Waals surface area contributed by atoms with E-state index in [0.29, 0.717) is 18.1 Å². The van der Waals surface area contributed by atoms with E-state index < -0.39 is 17.5 Å². The van der Waals surface area contributed by atoms with Gasteiger partial charge in [-0.05, 0) is 18.1 Å². The molecule has 84 valence electrons. The highest BCUT2D eigenvalue weighted by molar-refractivity contribution is 6.30. The molecule has 0 aliphatic heterocycles. The van der Waals surface area contributed by atoms with Crippen molar-refractivity contribution < 1.29 is 13.2 Å². The van der Waals surface area contributed by atoms with Crippen LogP contribution in [0.4, 0.5) is 13.2 Å². The smallest absolute Gasteiger partial charge is 0.168 e. The van der Waals surface area contributed by atoms with E-state index in [1.165, 1.54) is 6.07 Å². The number of fused-ring (bicyclic) bond motifs is 1. The number of benzene rings is 1. The Morgan fingerprint density at radius 3 is 2.50 bits per heavy atom. The molecule has 5 heteroatoms. The molecule has 0 spiro atoms. The number of hydrogen-bond acceptors (Lipinski definition) is 1. The molecule has 1 aromatic heterocycles. The van der Waals surface area contributed by atoms with Crippen molar-refractivity contribution in [3.05, 3.63) is 40.3 Å². The van der Waals surface area contributed by atoms with Gasteiger partial charge in [-0.15, -0.1) is 0 Å². The van der Waals surface area contributed by atoms with Gasteiger partial charge >= 0.3 is 0 Å². The maximum absolute atomic E-state index is 13.4. The molecule has 0 amide bonds. The number of pyridine rings is 1. The molecule has 0 atom stereocenters. The molecule has 0 aliphatic carbocycles. The zero-order valence-electron chi connectivity index (χ0n) is 8.32. The molecular weight excluding hydrogens is 239 g/mol. The third-order valence-corrected chi connectivity index (χ3v) is 2.68. The fraction of sp³-hybridized carbons (Fsp3) is 0.182. The first-order valence-electron chi connectivity index (χ1n) is 4.67. The fourth-order valence-corrected chi connectivity index (χ4v) is 1.77. The second-order valence-corrected chi connectivity index (χ2v) is 3.70. The highest BCUT2D eigenvalue weighted by atomic mass is 35.5. The summed E-state index contributed by atoms with van der Waals surface area (Å²) in [5, 5.41) is -0.0707. The van der Waals surface area contributed by atoms with E-state index in [-0.39, 0.29) is 16.1 Å². The Balaban J connectivity index is 2.90. The normalized spacial score (nSPS) is 11.1. The summed E-state index contributed by atoms with van der Waals surface area (Å²) in [7, 11) is 0. The number of hydrogen-bond donors (Lipinski definition) is 0. The highest BCUT2D eigenvalue weighted by Gasteiger charge is 2.15. The van der Waals surface area contributed by atoms with E-state index in [1.807, 2.05) is 0 Å².